The second-order valence-electron chi connectivity index (χ2n) is 4.95. The largest absolute Gasteiger partial charge is 0.496 e. The third-order valence-electron chi connectivity index (χ3n) is 3.69. The summed E-state index contributed by atoms with van der Waals surface area (Å²) in [6.07, 6.45) is 0. The number of fused-ring (bicyclic) bond motifs is 1. The second-order valence-corrected chi connectivity index (χ2v) is 5.39. The zero-order valence-corrected chi connectivity index (χ0v) is 12.6. The number of hydrogen-bond donors (Lipinski definition) is 1. The summed E-state index contributed by atoms with van der Waals surface area (Å²) in [4.78, 5) is 0. The zero-order chi connectivity index (χ0) is 15.0. The molecule has 1 atom stereocenters. The van der Waals surface area contributed by atoms with Crippen LogP contribution in [0.3, 0.4) is 0 Å². The molecule has 1 aromatic heterocycles. The highest BCUT2D eigenvalue weighted by Gasteiger charge is 2.21. The molecule has 0 spiro atoms. The molecule has 2 N–H and O–H groups in total. The molecule has 108 valence electrons. The molecule has 21 heavy (non-hydrogen) atoms. The van der Waals surface area contributed by atoms with E-state index in [-0.39, 0.29) is 6.04 Å². The number of halogens is 1. The van der Waals surface area contributed by atoms with Crippen molar-refractivity contribution in [2.75, 3.05) is 7.11 Å². The van der Waals surface area contributed by atoms with E-state index in [9.17, 15) is 0 Å². The molecule has 0 aliphatic carbocycles. The number of ether oxygens (including phenoxy) is 1. The maximum absolute atomic E-state index is 6.39. The highest BCUT2D eigenvalue weighted by molar-refractivity contribution is 6.31. The maximum Gasteiger partial charge on any atom is 0.134 e. The smallest absolute Gasteiger partial charge is 0.134 e. The van der Waals surface area contributed by atoms with E-state index in [1.54, 1.807) is 7.11 Å². The Morgan fingerprint density at radius 3 is 2.71 bits per heavy atom. The summed E-state index contributed by atoms with van der Waals surface area (Å²) in [6.45, 7) is 1.99. The van der Waals surface area contributed by atoms with Crippen LogP contribution in [0.25, 0.3) is 11.0 Å². The van der Waals surface area contributed by atoms with Gasteiger partial charge >= 0.3 is 0 Å². The number of para-hydroxylation sites is 1. The Morgan fingerprint density at radius 1 is 1.19 bits per heavy atom. The summed E-state index contributed by atoms with van der Waals surface area (Å²) in [6, 6.07) is 12.9. The van der Waals surface area contributed by atoms with Crippen molar-refractivity contribution in [3.63, 3.8) is 0 Å². The minimum Gasteiger partial charge on any atom is -0.496 e. The molecular formula is C17H16ClNO2. The number of furan rings is 1. The zero-order valence-electron chi connectivity index (χ0n) is 11.9. The Kier molecular flexibility index (Phi) is 3.62. The lowest BCUT2D eigenvalue weighted by Gasteiger charge is -2.14. The fraction of sp³-hybridized carbons (Fsp3) is 0.176. The van der Waals surface area contributed by atoms with Crippen LogP contribution in [0.4, 0.5) is 0 Å². The Labute approximate surface area is 128 Å². The monoisotopic (exact) mass is 301 g/mol. The average Bonchev–Trinajstić information content (AvgIpc) is 2.83. The molecule has 1 unspecified atom stereocenters. The number of nitrogens with two attached hydrogens (primary N) is 1. The van der Waals surface area contributed by atoms with E-state index >= 15 is 0 Å². The summed E-state index contributed by atoms with van der Waals surface area (Å²) < 4.78 is 11.3. The van der Waals surface area contributed by atoms with Gasteiger partial charge in [-0.1, -0.05) is 29.8 Å². The third kappa shape index (κ3) is 2.39. The van der Waals surface area contributed by atoms with Crippen LogP contribution in [-0.2, 0) is 0 Å². The van der Waals surface area contributed by atoms with Crippen LogP contribution in [0.2, 0.25) is 5.02 Å². The van der Waals surface area contributed by atoms with E-state index in [0.29, 0.717) is 5.02 Å². The van der Waals surface area contributed by atoms with Crippen LogP contribution in [0.5, 0.6) is 5.75 Å². The van der Waals surface area contributed by atoms with Crippen LogP contribution in [0, 0.1) is 6.92 Å². The molecule has 1 heterocycles. The van der Waals surface area contributed by atoms with Gasteiger partial charge in [0.1, 0.15) is 17.1 Å². The third-order valence-corrected chi connectivity index (χ3v) is 3.93. The summed E-state index contributed by atoms with van der Waals surface area (Å²) in [7, 11) is 1.64. The van der Waals surface area contributed by atoms with Crippen molar-refractivity contribution in [1.82, 2.24) is 0 Å². The van der Waals surface area contributed by atoms with Crippen molar-refractivity contribution in [3.8, 4) is 5.75 Å². The van der Waals surface area contributed by atoms with Gasteiger partial charge in [0.2, 0.25) is 0 Å². The van der Waals surface area contributed by atoms with Gasteiger partial charge in [-0.05, 0) is 31.2 Å². The van der Waals surface area contributed by atoms with Crippen LogP contribution in [0.1, 0.15) is 22.9 Å². The van der Waals surface area contributed by atoms with Gasteiger partial charge < -0.3 is 14.9 Å². The SMILES string of the molecule is COc1ccccc1C(N)c1oc2ccc(Cl)cc2c1C. The van der Waals surface area contributed by atoms with Crippen LogP contribution < -0.4 is 10.5 Å². The molecule has 0 fully saturated rings. The van der Waals surface area contributed by atoms with E-state index < -0.39 is 0 Å². The standard InChI is InChI=1S/C17H16ClNO2/c1-10-13-9-11(18)7-8-15(13)21-17(10)16(19)12-5-3-4-6-14(12)20-2/h3-9,16H,19H2,1-2H3. The topological polar surface area (TPSA) is 48.4 Å². The van der Waals surface area contributed by atoms with Gasteiger partial charge in [-0.25, -0.2) is 0 Å². The Hall–Kier alpha value is -1.97. The molecule has 0 saturated heterocycles. The molecule has 3 rings (SSSR count). The van der Waals surface area contributed by atoms with Gasteiger partial charge in [0.05, 0.1) is 13.2 Å². The minimum absolute atomic E-state index is 0.382. The van der Waals surface area contributed by atoms with Crippen molar-refractivity contribution >= 4 is 22.6 Å². The van der Waals surface area contributed by atoms with Gasteiger partial charge in [-0.15, -0.1) is 0 Å². The highest BCUT2D eigenvalue weighted by Crippen LogP contribution is 2.35. The van der Waals surface area contributed by atoms with Crippen LogP contribution >= 0.6 is 11.6 Å². The van der Waals surface area contributed by atoms with Gasteiger partial charge in [-0.2, -0.15) is 0 Å². The van der Waals surface area contributed by atoms with Crippen molar-refractivity contribution < 1.29 is 9.15 Å². The van der Waals surface area contributed by atoms with E-state index in [0.717, 1.165) is 33.6 Å². The van der Waals surface area contributed by atoms with Crippen molar-refractivity contribution in [2.45, 2.75) is 13.0 Å². The van der Waals surface area contributed by atoms with Gasteiger partial charge in [0.15, 0.2) is 0 Å². The van der Waals surface area contributed by atoms with Crippen molar-refractivity contribution in [2.24, 2.45) is 5.73 Å². The summed E-state index contributed by atoms with van der Waals surface area (Å²) in [5.41, 5.74) is 9.08. The summed E-state index contributed by atoms with van der Waals surface area (Å²) >= 11 is 6.05. The molecule has 4 heteroatoms. The first-order valence-electron chi connectivity index (χ1n) is 6.69. The molecule has 0 aliphatic heterocycles. The minimum atomic E-state index is -0.382. The molecular weight excluding hydrogens is 286 g/mol. The molecule has 0 amide bonds. The fourth-order valence-electron chi connectivity index (χ4n) is 2.57. The lowest BCUT2D eigenvalue weighted by Crippen LogP contribution is -2.13. The molecule has 2 aromatic carbocycles. The maximum atomic E-state index is 6.39. The molecule has 0 bridgehead atoms. The number of rotatable bonds is 3. The lowest BCUT2D eigenvalue weighted by atomic mass is 10.0. The molecule has 3 aromatic rings. The fourth-order valence-corrected chi connectivity index (χ4v) is 2.75. The van der Waals surface area contributed by atoms with Crippen LogP contribution in [0.15, 0.2) is 46.9 Å². The van der Waals surface area contributed by atoms with Gasteiger partial charge in [0, 0.05) is 21.5 Å². The Morgan fingerprint density at radius 2 is 1.95 bits per heavy atom. The number of aryl methyl sites for hydroxylation is 1. The quantitative estimate of drug-likeness (QED) is 0.777. The molecule has 3 nitrogen and oxygen atoms in total. The molecule has 0 aliphatic rings. The first-order valence-corrected chi connectivity index (χ1v) is 7.06. The van der Waals surface area contributed by atoms with Crippen molar-refractivity contribution in [1.29, 1.82) is 0 Å². The summed E-state index contributed by atoms with van der Waals surface area (Å²) in [5.74, 6) is 1.49. The predicted octanol–water partition coefficient (Wildman–Crippen LogP) is 4.45. The number of methoxy groups -OCH3 is 1. The predicted molar refractivity (Wildman–Crippen MR) is 85.0 cm³/mol. The van der Waals surface area contributed by atoms with Crippen LogP contribution in [-0.4, -0.2) is 7.11 Å². The van der Waals surface area contributed by atoms with Gasteiger partial charge in [-0.3, -0.25) is 0 Å². The highest BCUT2D eigenvalue weighted by atomic mass is 35.5. The van der Waals surface area contributed by atoms with Gasteiger partial charge in [0.25, 0.3) is 0 Å². The first kappa shape index (κ1) is 14.0. The molecule has 0 saturated carbocycles. The number of benzene rings is 2. The Balaban J connectivity index is 2.13. The van der Waals surface area contributed by atoms with E-state index in [1.807, 2.05) is 49.4 Å². The first-order chi connectivity index (χ1) is 10.1. The average molecular weight is 302 g/mol. The van der Waals surface area contributed by atoms with E-state index in [1.165, 1.54) is 0 Å². The summed E-state index contributed by atoms with van der Waals surface area (Å²) in [5, 5.41) is 1.67. The van der Waals surface area contributed by atoms with E-state index in [4.69, 9.17) is 26.5 Å². The Bertz CT molecular complexity index is 795. The van der Waals surface area contributed by atoms with E-state index in [2.05, 4.69) is 0 Å². The lowest BCUT2D eigenvalue weighted by molar-refractivity contribution is 0.404. The van der Waals surface area contributed by atoms with Crippen molar-refractivity contribution in [3.05, 3.63) is 64.4 Å². The normalized spacial score (nSPS) is 12.6. The second kappa shape index (κ2) is 5.43. The number of hydrogen-bond acceptors (Lipinski definition) is 3. The molecule has 0 radical (unpaired) electrons.